The first-order valence-electron chi connectivity index (χ1n) is 6.45. The van der Waals surface area contributed by atoms with Crippen molar-refractivity contribution in [3.05, 3.63) is 0 Å². The van der Waals surface area contributed by atoms with Crippen LogP contribution in [0.1, 0.15) is 53.4 Å². The van der Waals surface area contributed by atoms with Crippen LogP contribution in [-0.4, -0.2) is 18.6 Å². The highest BCUT2D eigenvalue weighted by Gasteiger charge is 2.30. The van der Waals surface area contributed by atoms with E-state index >= 15 is 0 Å². The zero-order chi connectivity index (χ0) is 12.2. The Hall–Kier alpha value is -0.730. The maximum Gasteiger partial charge on any atom is 0.314 e. The molecule has 0 aromatic heterocycles. The molecule has 0 radical (unpaired) electrons. The summed E-state index contributed by atoms with van der Waals surface area (Å²) in [4.78, 5) is 11.2. The van der Waals surface area contributed by atoms with Gasteiger partial charge in [-0.25, -0.2) is 4.79 Å². The van der Waals surface area contributed by atoms with Gasteiger partial charge in [-0.05, 0) is 43.9 Å². The van der Waals surface area contributed by atoms with E-state index in [0.29, 0.717) is 18.0 Å². The van der Waals surface area contributed by atoms with E-state index in [1.165, 1.54) is 12.8 Å². The van der Waals surface area contributed by atoms with Crippen LogP contribution in [0.15, 0.2) is 0 Å². The molecule has 1 saturated carbocycles. The molecule has 0 spiro atoms. The molecule has 0 aromatic rings. The van der Waals surface area contributed by atoms with E-state index in [2.05, 4.69) is 31.4 Å². The number of amides is 2. The van der Waals surface area contributed by atoms with Crippen LogP contribution in [0.4, 0.5) is 4.79 Å². The van der Waals surface area contributed by atoms with Gasteiger partial charge in [0.1, 0.15) is 0 Å². The molecule has 3 heteroatoms. The van der Waals surface area contributed by atoms with Crippen LogP contribution in [0, 0.1) is 11.3 Å². The van der Waals surface area contributed by atoms with E-state index in [1.54, 1.807) is 0 Å². The number of carbonyl (C=O) groups excluding carboxylic acids is 1. The largest absolute Gasteiger partial charge is 0.338 e. The van der Waals surface area contributed by atoms with Gasteiger partial charge in [-0.15, -0.1) is 0 Å². The number of nitrogens with one attached hydrogen (secondary N) is 2. The minimum Gasteiger partial charge on any atom is -0.338 e. The topological polar surface area (TPSA) is 41.1 Å². The van der Waals surface area contributed by atoms with E-state index in [0.717, 1.165) is 18.8 Å². The molecule has 0 bridgehead atoms. The summed E-state index contributed by atoms with van der Waals surface area (Å²) in [7, 11) is 0. The average molecular weight is 226 g/mol. The van der Waals surface area contributed by atoms with Crippen LogP contribution >= 0.6 is 0 Å². The minimum absolute atomic E-state index is 0.0122. The second-order valence-corrected chi connectivity index (χ2v) is 6.14. The summed E-state index contributed by atoms with van der Waals surface area (Å²) < 4.78 is 0. The molecular formula is C13H26N2O. The fraction of sp³-hybridized carbons (Fsp3) is 0.923. The monoisotopic (exact) mass is 226 g/mol. The first-order valence-corrected chi connectivity index (χ1v) is 6.45. The van der Waals surface area contributed by atoms with Crippen LogP contribution in [0.5, 0.6) is 0 Å². The Morgan fingerprint density at radius 3 is 2.44 bits per heavy atom. The first-order chi connectivity index (χ1) is 7.40. The Balaban J connectivity index is 2.07. The second kappa shape index (κ2) is 5.55. The number of carbonyl (C=O) groups is 1. The second-order valence-electron chi connectivity index (χ2n) is 6.14. The molecule has 1 aliphatic rings. The highest BCUT2D eigenvalue weighted by Crippen LogP contribution is 2.34. The SMILES string of the molecule is CCNC(=O)NC1CC(CCC(C)(C)C)C1. The third-order valence-corrected chi connectivity index (χ3v) is 3.21. The maximum atomic E-state index is 11.2. The van der Waals surface area contributed by atoms with Gasteiger partial charge in [-0.2, -0.15) is 0 Å². The molecule has 0 aromatic carbocycles. The van der Waals surface area contributed by atoms with Crippen molar-refractivity contribution in [1.29, 1.82) is 0 Å². The van der Waals surface area contributed by atoms with E-state index < -0.39 is 0 Å². The van der Waals surface area contributed by atoms with Crippen LogP contribution in [0.3, 0.4) is 0 Å². The average Bonchev–Trinajstić information content (AvgIpc) is 2.07. The van der Waals surface area contributed by atoms with E-state index in [4.69, 9.17) is 0 Å². The first kappa shape index (κ1) is 13.3. The lowest BCUT2D eigenvalue weighted by molar-refractivity contribution is 0.181. The van der Waals surface area contributed by atoms with Crippen LogP contribution in [-0.2, 0) is 0 Å². The Morgan fingerprint density at radius 1 is 1.31 bits per heavy atom. The molecule has 0 aliphatic heterocycles. The zero-order valence-corrected chi connectivity index (χ0v) is 11.1. The van der Waals surface area contributed by atoms with Crippen LogP contribution < -0.4 is 10.6 Å². The van der Waals surface area contributed by atoms with Crippen LogP contribution in [0.25, 0.3) is 0 Å². The molecule has 1 rings (SSSR count). The summed E-state index contributed by atoms with van der Waals surface area (Å²) in [5.41, 5.74) is 0.443. The van der Waals surface area contributed by atoms with Gasteiger partial charge in [0.15, 0.2) is 0 Å². The third kappa shape index (κ3) is 4.86. The van der Waals surface area contributed by atoms with E-state index in [-0.39, 0.29) is 6.03 Å². The quantitative estimate of drug-likeness (QED) is 0.760. The fourth-order valence-electron chi connectivity index (χ4n) is 2.12. The van der Waals surface area contributed by atoms with E-state index in [9.17, 15) is 4.79 Å². The van der Waals surface area contributed by atoms with Gasteiger partial charge in [-0.3, -0.25) is 0 Å². The Morgan fingerprint density at radius 2 is 1.94 bits per heavy atom. The Kier molecular flexibility index (Phi) is 4.63. The summed E-state index contributed by atoms with van der Waals surface area (Å²) in [6.45, 7) is 9.50. The summed E-state index contributed by atoms with van der Waals surface area (Å²) in [6, 6.07) is 0.401. The lowest BCUT2D eigenvalue weighted by atomic mass is 9.74. The standard InChI is InChI=1S/C13H26N2O/c1-5-14-12(16)15-11-8-10(9-11)6-7-13(2,3)4/h10-11H,5-9H2,1-4H3,(H2,14,15,16). The van der Waals surface area contributed by atoms with Gasteiger partial charge in [0, 0.05) is 12.6 Å². The van der Waals surface area contributed by atoms with Crippen molar-refractivity contribution in [2.75, 3.05) is 6.54 Å². The van der Waals surface area contributed by atoms with E-state index in [1.807, 2.05) is 6.92 Å². The fourth-order valence-corrected chi connectivity index (χ4v) is 2.12. The number of rotatable bonds is 4. The molecule has 16 heavy (non-hydrogen) atoms. The van der Waals surface area contributed by atoms with Crippen LogP contribution in [0.2, 0.25) is 0 Å². The molecule has 0 atom stereocenters. The highest BCUT2D eigenvalue weighted by atomic mass is 16.2. The van der Waals surface area contributed by atoms with Crippen molar-refractivity contribution in [2.24, 2.45) is 11.3 Å². The molecular weight excluding hydrogens is 200 g/mol. The van der Waals surface area contributed by atoms with Crippen molar-refractivity contribution in [3.63, 3.8) is 0 Å². The lowest BCUT2D eigenvalue weighted by Crippen LogP contribution is -2.48. The number of hydrogen-bond donors (Lipinski definition) is 2. The molecule has 0 unspecified atom stereocenters. The van der Waals surface area contributed by atoms with Crippen molar-refractivity contribution in [2.45, 2.75) is 59.4 Å². The van der Waals surface area contributed by atoms with Gasteiger partial charge in [0.2, 0.25) is 0 Å². The molecule has 3 nitrogen and oxygen atoms in total. The summed E-state index contributed by atoms with van der Waals surface area (Å²) in [5, 5.41) is 5.76. The van der Waals surface area contributed by atoms with Crippen molar-refractivity contribution in [3.8, 4) is 0 Å². The Bertz CT molecular complexity index is 227. The van der Waals surface area contributed by atoms with Gasteiger partial charge < -0.3 is 10.6 Å². The summed E-state index contributed by atoms with van der Waals surface area (Å²) in [5.74, 6) is 0.825. The predicted molar refractivity (Wildman–Crippen MR) is 67.4 cm³/mol. The van der Waals surface area contributed by atoms with Gasteiger partial charge >= 0.3 is 6.03 Å². The minimum atomic E-state index is -0.0122. The van der Waals surface area contributed by atoms with Gasteiger partial charge in [0.05, 0.1) is 0 Å². The lowest BCUT2D eigenvalue weighted by Gasteiger charge is -2.37. The summed E-state index contributed by atoms with van der Waals surface area (Å²) in [6.07, 6.45) is 4.91. The highest BCUT2D eigenvalue weighted by molar-refractivity contribution is 5.74. The molecule has 1 fully saturated rings. The zero-order valence-electron chi connectivity index (χ0n) is 11.1. The predicted octanol–water partition coefficient (Wildman–Crippen LogP) is 2.91. The third-order valence-electron chi connectivity index (χ3n) is 3.21. The van der Waals surface area contributed by atoms with Crippen molar-refractivity contribution >= 4 is 6.03 Å². The molecule has 1 aliphatic carbocycles. The summed E-state index contributed by atoms with van der Waals surface area (Å²) >= 11 is 0. The number of urea groups is 1. The number of hydrogen-bond acceptors (Lipinski definition) is 1. The van der Waals surface area contributed by atoms with Gasteiger partial charge in [0.25, 0.3) is 0 Å². The molecule has 0 saturated heterocycles. The molecule has 2 amide bonds. The van der Waals surface area contributed by atoms with Crippen molar-refractivity contribution in [1.82, 2.24) is 10.6 Å². The normalized spacial score (nSPS) is 24.8. The molecule has 94 valence electrons. The van der Waals surface area contributed by atoms with Gasteiger partial charge in [-0.1, -0.05) is 20.8 Å². The smallest absolute Gasteiger partial charge is 0.314 e. The van der Waals surface area contributed by atoms with Crippen molar-refractivity contribution < 1.29 is 4.79 Å². The molecule has 2 N–H and O–H groups in total. The maximum absolute atomic E-state index is 11.2. The molecule has 0 heterocycles. The Labute approximate surface area is 99.4 Å².